The Morgan fingerprint density at radius 2 is 2.12 bits per heavy atom. The van der Waals surface area contributed by atoms with Gasteiger partial charge in [-0.3, -0.25) is 4.79 Å². The molecule has 3 heteroatoms. The molecule has 88 valence electrons. The van der Waals surface area contributed by atoms with E-state index in [1.807, 2.05) is 6.07 Å². The van der Waals surface area contributed by atoms with E-state index in [9.17, 15) is 9.90 Å². The smallest absolute Gasteiger partial charge is 0.221 e. The topological polar surface area (TPSA) is 49.3 Å². The molecule has 1 aromatic carbocycles. The Bertz CT molecular complexity index is 361. The molecule has 0 aromatic heterocycles. The molecule has 0 saturated heterocycles. The molecule has 0 bridgehead atoms. The summed E-state index contributed by atoms with van der Waals surface area (Å²) in [6, 6.07) is 5.18. The molecular formula is C13H19NO2. The zero-order valence-electron chi connectivity index (χ0n) is 9.92. The number of rotatable bonds is 5. The number of aromatic hydroxyl groups is 1. The summed E-state index contributed by atoms with van der Waals surface area (Å²) in [7, 11) is 0. The number of phenolic OH excluding ortho intramolecular Hbond substituents is 1. The fourth-order valence-corrected chi connectivity index (χ4v) is 1.63. The first-order valence-corrected chi connectivity index (χ1v) is 5.73. The van der Waals surface area contributed by atoms with E-state index in [0.717, 1.165) is 36.9 Å². The summed E-state index contributed by atoms with van der Waals surface area (Å²) in [5.41, 5.74) is 1.65. The lowest BCUT2D eigenvalue weighted by Gasteiger charge is -2.07. The van der Waals surface area contributed by atoms with Gasteiger partial charge in [-0.25, -0.2) is 0 Å². The summed E-state index contributed by atoms with van der Waals surface area (Å²) in [5.74, 6) is 0.218. The van der Waals surface area contributed by atoms with Crippen LogP contribution in [0.15, 0.2) is 18.2 Å². The quantitative estimate of drug-likeness (QED) is 0.593. The van der Waals surface area contributed by atoms with Gasteiger partial charge in [0.15, 0.2) is 0 Å². The average molecular weight is 221 g/mol. The summed E-state index contributed by atoms with van der Waals surface area (Å²) < 4.78 is 0. The van der Waals surface area contributed by atoms with Crippen LogP contribution in [-0.4, -0.2) is 11.0 Å². The standard InChI is InChI=1S/C13H19NO2/c1-3-4-5-6-11-9-12(14-10(2)15)7-8-13(11)16/h7-9,16H,3-6H2,1-2H3,(H,14,15). The van der Waals surface area contributed by atoms with E-state index in [4.69, 9.17) is 0 Å². The minimum Gasteiger partial charge on any atom is -0.508 e. The number of carbonyl (C=O) groups is 1. The van der Waals surface area contributed by atoms with Crippen molar-refractivity contribution in [1.82, 2.24) is 0 Å². The van der Waals surface area contributed by atoms with Crippen LogP contribution in [0.2, 0.25) is 0 Å². The summed E-state index contributed by atoms with van der Waals surface area (Å²) in [5, 5.41) is 12.4. The molecule has 0 aliphatic carbocycles. The van der Waals surface area contributed by atoms with E-state index >= 15 is 0 Å². The first-order chi connectivity index (χ1) is 7.63. The Morgan fingerprint density at radius 3 is 2.75 bits per heavy atom. The fourth-order valence-electron chi connectivity index (χ4n) is 1.63. The fraction of sp³-hybridized carbons (Fsp3) is 0.462. The summed E-state index contributed by atoms with van der Waals surface area (Å²) in [6.07, 6.45) is 4.23. The molecule has 3 nitrogen and oxygen atoms in total. The van der Waals surface area contributed by atoms with E-state index in [0.29, 0.717) is 5.75 Å². The highest BCUT2D eigenvalue weighted by molar-refractivity contribution is 5.88. The van der Waals surface area contributed by atoms with Crippen LogP contribution < -0.4 is 5.32 Å². The number of benzene rings is 1. The number of carbonyl (C=O) groups excluding carboxylic acids is 1. The lowest BCUT2D eigenvalue weighted by Crippen LogP contribution is -2.05. The van der Waals surface area contributed by atoms with Crippen molar-refractivity contribution in [2.75, 3.05) is 5.32 Å². The number of hydrogen-bond donors (Lipinski definition) is 2. The molecule has 0 saturated carbocycles. The largest absolute Gasteiger partial charge is 0.508 e. The number of aryl methyl sites for hydroxylation is 1. The molecule has 0 spiro atoms. The third-order valence-electron chi connectivity index (χ3n) is 2.45. The van der Waals surface area contributed by atoms with Crippen molar-refractivity contribution in [1.29, 1.82) is 0 Å². The second-order valence-electron chi connectivity index (χ2n) is 3.98. The van der Waals surface area contributed by atoms with Gasteiger partial charge in [-0.05, 0) is 36.6 Å². The van der Waals surface area contributed by atoms with Crippen molar-refractivity contribution >= 4 is 11.6 Å². The highest BCUT2D eigenvalue weighted by atomic mass is 16.3. The first-order valence-electron chi connectivity index (χ1n) is 5.73. The highest BCUT2D eigenvalue weighted by Gasteiger charge is 2.03. The van der Waals surface area contributed by atoms with Crippen LogP contribution in [0.4, 0.5) is 5.69 Å². The maximum absolute atomic E-state index is 10.9. The van der Waals surface area contributed by atoms with Crippen molar-refractivity contribution in [2.24, 2.45) is 0 Å². The summed E-state index contributed by atoms with van der Waals surface area (Å²) in [4.78, 5) is 10.9. The molecule has 0 aliphatic heterocycles. The lowest BCUT2D eigenvalue weighted by atomic mass is 10.1. The zero-order chi connectivity index (χ0) is 12.0. The van der Waals surface area contributed by atoms with E-state index in [1.165, 1.54) is 6.92 Å². The van der Waals surface area contributed by atoms with Gasteiger partial charge in [0.2, 0.25) is 5.91 Å². The van der Waals surface area contributed by atoms with Gasteiger partial charge in [0.25, 0.3) is 0 Å². The molecule has 0 aliphatic rings. The average Bonchev–Trinajstić information content (AvgIpc) is 2.22. The number of amides is 1. The Kier molecular flexibility index (Phi) is 4.83. The van der Waals surface area contributed by atoms with Gasteiger partial charge in [0.05, 0.1) is 0 Å². The SMILES string of the molecule is CCCCCc1cc(NC(C)=O)ccc1O. The molecule has 0 heterocycles. The number of anilines is 1. The third-order valence-corrected chi connectivity index (χ3v) is 2.45. The molecule has 2 N–H and O–H groups in total. The van der Waals surface area contributed by atoms with Crippen LogP contribution in [0.25, 0.3) is 0 Å². The zero-order valence-corrected chi connectivity index (χ0v) is 9.92. The molecule has 0 radical (unpaired) electrons. The minimum atomic E-state index is -0.0924. The number of phenols is 1. The van der Waals surface area contributed by atoms with Crippen LogP contribution >= 0.6 is 0 Å². The Balaban J connectivity index is 2.70. The van der Waals surface area contributed by atoms with Gasteiger partial charge in [0, 0.05) is 12.6 Å². The molecular weight excluding hydrogens is 202 g/mol. The minimum absolute atomic E-state index is 0.0924. The molecule has 1 amide bonds. The van der Waals surface area contributed by atoms with E-state index in [1.54, 1.807) is 12.1 Å². The van der Waals surface area contributed by atoms with Crippen LogP contribution in [0.5, 0.6) is 5.75 Å². The molecule has 16 heavy (non-hydrogen) atoms. The Hall–Kier alpha value is -1.51. The monoisotopic (exact) mass is 221 g/mol. The van der Waals surface area contributed by atoms with Crippen LogP contribution in [-0.2, 0) is 11.2 Å². The third kappa shape index (κ3) is 3.93. The highest BCUT2D eigenvalue weighted by Crippen LogP contribution is 2.23. The Morgan fingerprint density at radius 1 is 1.38 bits per heavy atom. The van der Waals surface area contributed by atoms with Gasteiger partial charge in [-0.15, -0.1) is 0 Å². The lowest BCUT2D eigenvalue weighted by molar-refractivity contribution is -0.114. The predicted molar refractivity (Wildman–Crippen MR) is 65.6 cm³/mol. The van der Waals surface area contributed by atoms with Crippen molar-refractivity contribution in [2.45, 2.75) is 39.5 Å². The second kappa shape index (κ2) is 6.16. The van der Waals surface area contributed by atoms with Gasteiger partial charge in [-0.2, -0.15) is 0 Å². The van der Waals surface area contributed by atoms with Crippen LogP contribution in [0, 0.1) is 0 Å². The predicted octanol–water partition coefficient (Wildman–Crippen LogP) is 3.08. The van der Waals surface area contributed by atoms with Crippen LogP contribution in [0.3, 0.4) is 0 Å². The molecule has 1 aromatic rings. The van der Waals surface area contributed by atoms with Gasteiger partial charge in [0.1, 0.15) is 5.75 Å². The van der Waals surface area contributed by atoms with Crippen molar-refractivity contribution in [3.63, 3.8) is 0 Å². The van der Waals surface area contributed by atoms with Crippen molar-refractivity contribution in [3.8, 4) is 5.75 Å². The second-order valence-corrected chi connectivity index (χ2v) is 3.98. The van der Waals surface area contributed by atoms with E-state index in [2.05, 4.69) is 12.2 Å². The van der Waals surface area contributed by atoms with E-state index < -0.39 is 0 Å². The number of unbranched alkanes of at least 4 members (excludes halogenated alkanes) is 2. The molecule has 0 atom stereocenters. The maximum Gasteiger partial charge on any atom is 0.221 e. The summed E-state index contributed by atoms with van der Waals surface area (Å²) >= 11 is 0. The van der Waals surface area contributed by atoms with Gasteiger partial charge >= 0.3 is 0 Å². The molecule has 0 unspecified atom stereocenters. The van der Waals surface area contributed by atoms with Gasteiger partial charge < -0.3 is 10.4 Å². The van der Waals surface area contributed by atoms with E-state index in [-0.39, 0.29) is 5.91 Å². The maximum atomic E-state index is 10.9. The van der Waals surface area contributed by atoms with Crippen LogP contribution in [0.1, 0.15) is 38.7 Å². The molecule has 1 rings (SSSR count). The normalized spacial score (nSPS) is 10.1. The number of nitrogens with one attached hydrogen (secondary N) is 1. The first kappa shape index (κ1) is 12.6. The van der Waals surface area contributed by atoms with Crippen molar-refractivity contribution in [3.05, 3.63) is 23.8 Å². The molecule has 0 fully saturated rings. The van der Waals surface area contributed by atoms with Gasteiger partial charge in [-0.1, -0.05) is 19.8 Å². The Labute approximate surface area is 96.5 Å². The number of hydrogen-bond acceptors (Lipinski definition) is 2. The van der Waals surface area contributed by atoms with Crippen molar-refractivity contribution < 1.29 is 9.90 Å². The summed E-state index contributed by atoms with van der Waals surface area (Å²) in [6.45, 7) is 3.62.